The van der Waals surface area contributed by atoms with Crippen LogP contribution in [-0.2, 0) is 0 Å². The van der Waals surface area contributed by atoms with Crippen molar-refractivity contribution in [3.63, 3.8) is 0 Å². The molecule has 0 rings (SSSR count). The van der Waals surface area contributed by atoms with Crippen molar-refractivity contribution < 1.29 is 15.3 Å². The Labute approximate surface area is 178 Å². The van der Waals surface area contributed by atoms with Gasteiger partial charge in [0.1, 0.15) is 0 Å². The SMILES string of the molecule is OCC(S)CCCCCCCC(O)C(S)CCCCCCCC(S)CO. The highest BCUT2D eigenvalue weighted by molar-refractivity contribution is 7.81. The Hall–Kier alpha value is 0.930. The number of unbranched alkanes of at least 4 members (excludes halogenated alkanes) is 8. The molecule has 0 aromatic heterocycles. The average Bonchev–Trinajstić information content (AvgIpc) is 2.65. The normalized spacial score (nSPS) is 16.4. The smallest absolute Gasteiger partial charge is 0.0656 e. The molecule has 26 heavy (non-hydrogen) atoms. The van der Waals surface area contributed by atoms with Crippen molar-refractivity contribution in [3.05, 3.63) is 0 Å². The molecule has 0 saturated heterocycles. The Morgan fingerprint density at radius 2 is 0.846 bits per heavy atom. The zero-order valence-corrected chi connectivity index (χ0v) is 19.0. The number of hydrogen-bond donors (Lipinski definition) is 6. The number of hydrogen-bond acceptors (Lipinski definition) is 6. The van der Waals surface area contributed by atoms with Gasteiger partial charge in [0, 0.05) is 15.7 Å². The lowest BCUT2D eigenvalue weighted by Gasteiger charge is -2.18. The van der Waals surface area contributed by atoms with E-state index in [0.29, 0.717) is 0 Å². The summed E-state index contributed by atoms with van der Waals surface area (Å²) >= 11 is 13.1. The molecule has 0 aliphatic heterocycles. The molecule has 0 amide bonds. The predicted octanol–water partition coefficient (Wildman–Crippen LogP) is 4.69. The minimum absolute atomic E-state index is 0.0979. The van der Waals surface area contributed by atoms with Crippen LogP contribution in [0.5, 0.6) is 0 Å². The van der Waals surface area contributed by atoms with Crippen molar-refractivity contribution in [2.75, 3.05) is 13.2 Å². The molecule has 0 radical (unpaired) electrons. The second-order valence-corrected chi connectivity index (χ2v) is 9.62. The minimum Gasteiger partial charge on any atom is -0.395 e. The fourth-order valence-electron chi connectivity index (χ4n) is 3.09. The van der Waals surface area contributed by atoms with Gasteiger partial charge in [-0.1, -0.05) is 64.2 Å². The van der Waals surface area contributed by atoms with Crippen LogP contribution in [0.3, 0.4) is 0 Å². The summed E-state index contributed by atoms with van der Waals surface area (Å²) in [6.07, 6.45) is 15.1. The summed E-state index contributed by atoms with van der Waals surface area (Å²) in [5, 5.41) is 28.4. The van der Waals surface area contributed by atoms with E-state index in [1.54, 1.807) is 0 Å². The summed E-state index contributed by atoms with van der Waals surface area (Å²) < 4.78 is 0. The minimum atomic E-state index is -0.288. The zero-order valence-electron chi connectivity index (χ0n) is 16.3. The van der Waals surface area contributed by atoms with Gasteiger partial charge in [-0.15, -0.1) is 0 Å². The van der Waals surface area contributed by atoms with Crippen molar-refractivity contribution in [1.82, 2.24) is 0 Å². The third-order valence-electron chi connectivity index (χ3n) is 4.94. The van der Waals surface area contributed by atoms with E-state index in [-0.39, 0.29) is 35.1 Å². The fraction of sp³-hybridized carbons (Fsp3) is 1.00. The second kappa shape index (κ2) is 19.3. The van der Waals surface area contributed by atoms with E-state index in [9.17, 15) is 5.11 Å². The molecule has 4 atom stereocenters. The Kier molecular flexibility index (Phi) is 19.9. The van der Waals surface area contributed by atoms with Gasteiger partial charge in [-0.25, -0.2) is 0 Å². The molecule has 3 nitrogen and oxygen atoms in total. The van der Waals surface area contributed by atoms with Crippen LogP contribution in [0.4, 0.5) is 0 Å². The van der Waals surface area contributed by atoms with Gasteiger partial charge in [0.15, 0.2) is 0 Å². The number of aliphatic hydroxyl groups excluding tert-OH is 3. The van der Waals surface area contributed by atoms with Gasteiger partial charge in [0.25, 0.3) is 0 Å². The van der Waals surface area contributed by atoms with Crippen molar-refractivity contribution >= 4 is 37.9 Å². The lowest BCUT2D eigenvalue weighted by molar-refractivity contribution is 0.154. The maximum absolute atomic E-state index is 10.2. The first-order valence-electron chi connectivity index (χ1n) is 10.4. The first-order chi connectivity index (χ1) is 12.5. The van der Waals surface area contributed by atoms with Crippen LogP contribution in [0.2, 0.25) is 0 Å². The summed E-state index contributed by atoms with van der Waals surface area (Å²) in [7, 11) is 0. The molecule has 0 fully saturated rings. The molecule has 0 aliphatic carbocycles. The summed E-state index contributed by atoms with van der Waals surface area (Å²) in [6, 6.07) is 0. The Morgan fingerprint density at radius 1 is 0.500 bits per heavy atom. The molecule has 0 aliphatic rings. The second-order valence-electron chi connectivity index (χ2n) is 7.50. The molecule has 158 valence electrons. The lowest BCUT2D eigenvalue weighted by atomic mass is 10.0. The van der Waals surface area contributed by atoms with Crippen LogP contribution >= 0.6 is 37.9 Å². The molecule has 0 saturated carbocycles. The fourth-order valence-corrected chi connectivity index (χ4v) is 3.79. The molecule has 0 heterocycles. The van der Waals surface area contributed by atoms with Crippen LogP contribution in [-0.4, -0.2) is 50.4 Å². The molecule has 0 aromatic carbocycles. The topological polar surface area (TPSA) is 60.7 Å². The van der Waals surface area contributed by atoms with Crippen LogP contribution < -0.4 is 0 Å². The van der Waals surface area contributed by atoms with Crippen molar-refractivity contribution in [1.29, 1.82) is 0 Å². The summed E-state index contributed by atoms with van der Waals surface area (Å²) in [6.45, 7) is 0.334. The van der Waals surface area contributed by atoms with Gasteiger partial charge in [0.05, 0.1) is 19.3 Å². The van der Waals surface area contributed by atoms with Gasteiger partial charge in [-0.2, -0.15) is 37.9 Å². The van der Waals surface area contributed by atoms with E-state index < -0.39 is 0 Å². The predicted molar refractivity (Wildman–Crippen MR) is 123 cm³/mol. The lowest BCUT2D eigenvalue weighted by Crippen LogP contribution is -2.20. The van der Waals surface area contributed by atoms with Gasteiger partial charge < -0.3 is 15.3 Å². The number of rotatable bonds is 19. The third-order valence-corrected chi connectivity index (χ3v) is 6.39. The van der Waals surface area contributed by atoms with Crippen LogP contribution in [0.25, 0.3) is 0 Å². The Morgan fingerprint density at radius 3 is 1.27 bits per heavy atom. The number of thiol groups is 3. The Bertz CT molecular complexity index is 267. The first kappa shape index (κ1) is 26.9. The van der Waals surface area contributed by atoms with Gasteiger partial charge in [-0.3, -0.25) is 0 Å². The van der Waals surface area contributed by atoms with E-state index >= 15 is 0 Å². The maximum Gasteiger partial charge on any atom is 0.0656 e. The number of aliphatic hydroxyl groups is 3. The monoisotopic (exact) mass is 426 g/mol. The third kappa shape index (κ3) is 17.1. The molecular formula is C20H42O3S3. The summed E-state index contributed by atoms with van der Waals surface area (Å²) in [5.41, 5.74) is 0. The van der Waals surface area contributed by atoms with E-state index in [4.69, 9.17) is 10.2 Å². The average molecular weight is 427 g/mol. The first-order valence-corrected chi connectivity index (χ1v) is 12.0. The van der Waals surface area contributed by atoms with Crippen LogP contribution in [0, 0.1) is 0 Å². The summed E-state index contributed by atoms with van der Waals surface area (Å²) in [5.74, 6) is 0. The standard InChI is InChI=1S/C20H42O3S3/c21-15-17(24)11-7-3-1-5-9-13-19(23)20(26)14-10-6-2-4-8-12-18(25)16-22/h17-26H,1-16H2. The zero-order chi connectivity index (χ0) is 19.6. The molecule has 0 spiro atoms. The molecule has 3 N–H and O–H groups in total. The van der Waals surface area contributed by atoms with E-state index in [1.807, 2.05) is 0 Å². The van der Waals surface area contributed by atoms with E-state index in [2.05, 4.69) is 37.9 Å². The largest absolute Gasteiger partial charge is 0.395 e. The highest BCUT2D eigenvalue weighted by Crippen LogP contribution is 2.19. The van der Waals surface area contributed by atoms with Crippen LogP contribution in [0.1, 0.15) is 89.9 Å². The van der Waals surface area contributed by atoms with Gasteiger partial charge >= 0.3 is 0 Å². The quantitative estimate of drug-likeness (QED) is 0.134. The molecule has 0 bridgehead atoms. The summed E-state index contributed by atoms with van der Waals surface area (Å²) in [4.78, 5) is 0. The van der Waals surface area contributed by atoms with Crippen molar-refractivity contribution in [2.24, 2.45) is 0 Å². The molecule has 4 unspecified atom stereocenters. The van der Waals surface area contributed by atoms with Crippen LogP contribution in [0.15, 0.2) is 0 Å². The van der Waals surface area contributed by atoms with E-state index in [1.165, 1.54) is 32.1 Å². The Balaban J connectivity index is 3.41. The van der Waals surface area contributed by atoms with E-state index in [0.717, 1.165) is 57.8 Å². The van der Waals surface area contributed by atoms with Gasteiger partial charge in [-0.05, 0) is 25.7 Å². The van der Waals surface area contributed by atoms with Crippen molar-refractivity contribution in [3.8, 4) is 0 Å². The van der Waals surface area contributed by atoms with Gasteiger partial charge in [0.2, 0.25) is 0 Å². The molecule has 6 heteroatoms. The highest BCUT2D eigenvalue weighted by Gasteiger charge is 2.14. The van der Waals surface area contributed by atoms with Crippen molar-refractivity contribution in [2.45, 2.75) is 112 Å². The highest BCUT2D eigenvalue weighted by atomic mass is 32.1. The molecule has 0 aromatic rings. The maximum atomic E-state index is 10.2. The molecular weight excluding hydrogens is 384 g/mol.